The van der Waals surface area contributed by atoms with Crippen molar-refractivity contribution in [1.29, 1.82) is 0 Å². The Kier molecular flexibility index (Phi) is 5.05. The smallest absolute Gasteiger partial charge is 0.260 e. The number of aryl methyl sites for hydroxylation is 2. The number of benzene rings is 1. The van der Waals surface area contributed by atoms with E-state index in [0.717, 1.165) is 5.56 Å². The third-order valence-electron chi connectivity index (χ3n) is 3.64. The highest BCUT2D eigenvalue weighted by Gasteiger charge is 2.26. The number of nitrogens with one attached hydrogen (secondary N) is 1. The van der Waals surface area contributed by atoms with Gasteiger partial charge in [-0.25, -0.2) is 0 Å². The van der Waals surface area contributed by atoms with Crippen molar-refractivity contribution >= 4 is 5.91 Å². The highest BCUT2D eigenvalue weighted by molar-refractivity contribution is 5.80. The van der Waals surface area contributed by atoms with Crippen molar-refractivity contribution < 1.29 is 14.6 Å². The number of aliphatic hydroxyl groups is 1. The lowest BCUT2D eigenvalue weighted by molar-refractivity contribution is -0.128. The molecule has 0 fully saturated rings. The normalized spacial score (nSPS) is 14.8. The molecule has 1 aromatic carbocycles. The lowest BCUT2D eigenvalue weighted by atomic mass is 10.00. The number of amides is 1. The minimum absolute atomic E-state index is 0.0825. The van der Waals surface area contributed by atoms with Crippen LogP contribution in [0.4, 0.5) is 0 Å². The van der Waals surface area contributed by atoms with Crippen LogP contribution in [-0.4, -0.2) is 33.4 Å². The van der Waals surface area contributed by atoms with Gasteiger partial charge in [0.2, 0.25) is 0 Å². The molecule has 2 N–H and O–H groups in total. The van der Waals surface area contributed by atoms with Crippen LogP contribution in [0.2, 0.25) is 0 Å². The van der Waals surface area contributed by atoms with Crippen LogP contribution in [0.25, 0.3) is 0 Å². The molecule has 0 aliphatic heterocycles. The Balaban J connectivity index is 1.89. The van der Waals surface area contributed by atoms with Crippen molar-refractivity contribution in [3.05, 3.63) is 47.8 Å². The zero-order valence-corrected chi connectivity index (χ0v) is 13.9. The first-order valence-electron chi connectivity index (χ1n) is 7.50. The fraction of sp³-hybridized carbons (Fsp3) is 0.412. The molecule has 2 unspecified atom stereocenters. The van der Waals surface area contributed by atoms with Gasteiger partial charge in [0.1, 0.15) is 11.4 Å². The first kappa shape index (κ1) is 17.0. The van der Waals surface area contributed by atoms with Gasteiger partial charge in [-0.1, -0.05) is 17.7 Å². The first-order valence-corrected chi connectivity index (χ1v) is 7.50. The highest BCUT2D eigenvalue weighted by Crippen LogP contribution is 2.19. The van der Waals surface area contributed by atoms with Gasteiger partial charge in [0.15, 0.2) is 6.10 Å². The minimum atomic E-state index is -1.19. The predicted octanol–water partition coefficient (Wildman–Crippen LogP) is 1.52. The summed E-state index contributed by atoms with van der Waals surface area (Å²) in [7, 11) is 1.77. The summed E-state index contributed by atoms with van der Waals surface area (Å²) in [4.78, 5) is 12.1. The van der Waals surface area contributed by atoms with E-state index in [9.17, 15) is 9.90 Å². The number of hydrogen-bond donors (Lipinski definition) is 2. The van der Waals surface area contributed by atoms with Gasteiger partial charge in [-0.05, 0) is 32.9 Å². The molecule has 0 aliphatic carbocycles. The van der Waals surface area contributed by atoms with Crippen molar-refractivity contribution in [3.8, 4) is 5.75 Å². The second-order valence-corrected chi connectivity index (χ2v) is 5.97. The molecule has 0 bridgehead atoms. The number of ether oxygens (including phenoxy) is 1. The SMILES string of the molecule is Cc1ccc(OC(C)C(=O)NCC(C)(O)c2cnn(C)c2)cc1. The number of nitrogens with zero attached hydrogens (tertiary/aromatic N) is 2. The second kappa shape index (κ2) is 6.83. The Labute approximate surface area is 136 Å². The summed E-state index contributed by atoms with van der Waals surface area (Å²) < 4.78 is 7.20. The molecular weight excluding hydrogens is 294 g/mol. The number of hydrogen-bond acceptors (Lipinski definition) is 4. The maximum atomic E-state index is 12.1. The van der Waals surface area contributed by atoms with Crippen LogP contribution in [0.15, 0.2) is 36.7 Å². The fourth-order valence-corrected chi connectivity index (χ4v) is 2.08. The maximum absolute atomic E-state index is 12.1. The van der Waals surface area contributed by atoms with Gasteiger partial charge in [0.05, 0.1) is 12.7 Å². The largest absolute Gasteiger partial charge is 0.481 e. The van der Waals surface area contributed by atoms with Gasteiger partial charge in [-0.3, -0.25) is 9.48 Å². The van der Waals surface area contributed by atoms with Crippen molar-refractivity contribution in [3.63, 3.8) is 0 Å². The number of rotatable bonds is 6. The molecule has 6 nitrogen and oxygen atoms in total. The molecule has 2 atom stereocenters. The molecule has 0 saturated carbocycles. The molecule has 23 heavy (non-hydrogen) atoms. The molecule has 0 aliphatic rings. The Morgan fingerprint density at radius 3 is 2.65 bits per heavy atom. The zero-order chi connectivity index (χ0) is 17.0. The van der Waals surface area contributed by atoms with Crippen LogP contribution in [0, 0.1) is 6.92 Å². The lowest BCUT2D eigenvalue weighted by Gasteiger charge is -2.23. The van der Waals surface area contributed by atoms with Crippen molar-refractivity contribution in [2.75, 3.05) is 6.54 Å². The average molecular weight is 317 g/mol. The third-order valence-corrected chi connectivity index (χ3v) is 3.64. The summed E-state index contributed by atoms with van der Waals surface area (Å²) in [5.74, 6) is 0.354. The molecule has 2 rings (SSSR count). The monoisotopic (exact) mass is 317 g/mol. The van der Waals surface area contributed by atoms with Gasteiger partial charge in [-0.15, -0.1) is 0 Å². The molecule has 0 saturated heterocycles. The number of carbonyl (C=O) groups excluding carboxylic acids is 1. The van der Waals surface area contributed by atoms with Gasteiger partial charge < -0.3 is 15.2 Å². The second-order valence-electron chi connectivity index (χ2n) is 5.97. The summed E-state index contributed by atoms with van der Waals surface area (Å²) in [5, 5.41) is 17.2. The van der Waals surface area contributed by atoms with Gasteiger partial charge in [0, 0.05) is 18.8 Å². The van der Waals surface area contributed by atoms with Crippen LogP contribution in [0.3, 0.4) is 0 Å². The van der Waals surface area contributed by atoms with E-state index < -0.39 is 11.7 Å². The Morgan fingerprint density at radius 2 is 2.09 bits per heavy atom. The third kappa shape index (κ3) is 4.56. The summed E-state index contributed by atoms with van der Waals surface area (Å²) in [5.41, 5.74) is 0.586. The Hall–Kier alpha value is -2.34. The van der Waals surface area contributed by atoms with Gasteiger partial charge in [-0.2, -0.15) is 5.10 Å². The molecule has 6 heteroatoms. The Morgan fingerprint density at radius 1 is 1.43 bits per heavy atom. The van der Waals surface area contributed by atoms with Gasteiger partial charge >= 0.3 is 0 Å². The van der Waals surface area contributed by atoms with E-state index in [-0.39, 0.29) is 12.5 Å². The summed E-state index contributed by atoms with van der Waals surface area (Å²) in [6, 6.07) is 7.50. The highest BCUT2D eigenvalue weighted by atomic mass is 16.5. The first-order chi connectivity index (χ1) is 10.8. The molecule has 1 amide bonds. The molecule has 124 valence electrons. The van der Waals surface area contributed by atoms with Crippen LogP contribution in [0.5, 0.6) is 5.75 Å². The van der Waals surface area contributed by atoms with E-state index in [4.69, 9.17) is 4.74 Å². The van der Waals surface area contributed by atoms with Crippen molar-refractivity contribution in [2.24, 2.45) is 7.05 Å². The van der Waals surface area contributed by atoms with E-state index in [1.165, 1.54) is 0 Å². The molecule has 1 heterocycles. The lowest BCUT2D eigenvalue weighted by Crippen LogP contribution is -2.43. The standard InChI is InChI=1S/C17H23N3O3/c1-12-5-7-15(8-6-12)23-13(2)16(21)18-11-17(3,22)14-9-19-20(4)10-14/h5-10,13,22H,11H2,1-4H3,(H,18,21). The van der Waals surface area contributed by atoms with Crippen LogP contribution in [-0.2, 0) is 17.4 Å². The topological polar surface area (TPSA) is 76.4 Å². The molecule has 0 spiro atoms. The van der Waals surface area contributed by atoms with E-state index in [2.05, 4.69) is 10.4 Å². The molecular formula is C17H23N3O3. The summed E-state index contributed by atoms with van der Waals surface area (Å²) in [6.45, 7) is 5.38. The number of aromatic nitrogens is 2. The Bertz CT molecular complexity index is 662. The van der Waals surface area contributed by atoms with Crippen LogP contribution in [0.1, 0.15) is 25.0 Å². The van der Waals surface area contributed by atoms with Crippen molar-refractivity contribution in [2.45, 2.75) is 32.5 Å². The van der Waals surface area contributed by atoms with E-state index in [1.807, 2.05) is 31.2 Å². The van der Waals surface area contributed by atoms with Crippen molar-refractivity contribution in [1.82, 2.24) is 15.1 Å². The zero-order valence-electron chi connectivity index (χ0n) is 13.9. The van der Waals surface area contributed by atoms with Crippen LogP contribution >= 0.6 is 0 Å². The fourth-order valence-electron chi connectivity index (χ4n) is 2.08. The minimum Gasteiger partial charge on any atom is -0.481 e. The number of carbonyl (C=O) groups is 1. The van der Waals surface area contributed by atoms with Gasteiger partial charge in [0.25, 0.3) is 5.91 Å². The predicted molar refractivity (Wildman–Crippen MR) is 87.1 cm³/mol. The van der Waals surface area contributed by atoms with E-state index in [0.29, 0.717) is 11.3 Å². The van der Waals surface area contributed by atoms with E-state index >= 15 is 0 Å². The van der Waals surface area contributed by atoms with Crippen LogP contribution < -0.4 is 10.1 Å². The van der Waals surface area contributed by atoms with E-state index in [1.54, 1.807) is 38.0 Å². The molecule has 1 aromatic heterocycles. The summed E-state index contributed by atoms with van der Waals surface area (Å²) in [6.07, 6.45) is 2.65. The quantitative estimate of drug-likeness (QED) is 0.847. The summed E-state index contributed by atoms with van der Waals surface area (Å²) >= 11 is 0. The average Bonchev–Trinajstić information content (AvgIpc) is 2.94. The molecule has 0 radical (unpaired) electrons. The maximum Gasteiger partial charge on any atom is 0.260 e. The molecule has 2 aromatic rings.